The van der Waals surface area contributed by atoms with Crippen LogP contribution in [0.25, 0.3) is 0 Å². The Kier molecular flexibility index (Phi) is 15.4. The molecule has 2 heteroatoms. The van der Waals surface area contributed by atoms with E-state index in [1.165, 1.54) is 51.4 Å². The first-order valence-electron chi connectivity index (χ1n) is 6.54. The second kappa shape index (κ2) is 15.2. The molecular weight excluding hydrogens is 232 g/mol. The molecule has 0 aromatic rings. The molecule has 0 aliphatic rings. The summed E-state index contributed by atoms with van der Waals surface area (Å²) >= 11 is 0. The molecule has 0 saturated carbocycles. The van der Waals surface area contributed by atoms with Crippen molar-refractivity contribution in [3.05, 3.63) is 23.0 Å². The summed E-state index contributed by atoms with van der Waals surface area (Å²) in [6.07, 6.45) is 15.1. The highest BCUT2D eigenvalue weighted by Gasteiger charge is 1.83. The van der Waals surface area contributed by atoms with Crippen molar-refractivity contribution in [2.24, 2.45) is 0 Å². The molecule has 0 bridgehead atoms. The van der Waals surface area contributed by atoms with Crippen molar-refractivity contribution >= 4 is 21.6 Å². The van der Waals surface area contributed by atoms with Crippen molar-refractivity contribution in [2.75, 3.05) is 0 Å². The van der Waals surface area contributed by atoms with Gasteiger partial charge in [0, 0.05) is 0 Å². The number of allylic oxidation sites excluding steroid dienone is 2. The van der Waals surface area contributed by atoms with E-state index in [0.29, 0.717) is 0 Å². The van der Waals surface area contributed by atoms with Crippen molar-refractivity contribution in [2.45, 2.75) is 65.2 Å². The molecule has 0 aromatic carbocycles. The fourth-order valence-electron chi connectivity index (χ4n) is 1.30. The van der Waals surface area contributed by atoms with Crippen molar-refractivity contribution in [1.82, 2.24) is 0 Å². The van der Waals surface area contributed by atoms with Crippen molar-refractivity contribution in [3.63, 3.8) is 0 Å². The molecule has 0 aliphatic heterocycles. The fraction of sp³-hybridized carbons (Fsp3) is 0.714. The molecule has 0 saturated heterocycles. The van der Waals surface area contributed by atoms with Gasteiger partial charge in [-0.1, -0.05) is 73.3 Å². The van der Waals surface area contributed by atoms with Crippen LogP contribution in [0.15, 0.2) is 23.0 Å². The summed E-state index contributed by atoms with van der Waals surface area (Å²) in [5, 5.41) is 4.44. The molecule has 0 aliphatic carbocycles. The molecule has 0 fully saturated rings. The van der Waals surface area contributed by atoms with Gasteiger partial charge in [-0.25, -0.2) is 0 Å². The van der Waals surface area contributed by atoms with Gasteiger partial charge in [-0.3, -0.25) is 0 Å². The molecule has 0 N–H and O–H groups in total. The van der Waals surface area contributed by atoms with Gasteiger partial charge in [-0.05, 0) is 36.5 Å². The van der Waals surface area contributed by atoms with Crippen LogP contribution >= 0.6 is 21.6 Å². The zero-order valence-electron chi connectivity index (χ0n) is 10.8. The van der Waals surface area contributed by atoms with E-state index in [9.17, 15) is 0 Å². The average molecular weight is 258 g/mol. The van der Waals surface area contributed by atoms with E-state index >= 15 is 0 Å². The minimum absolute atomic E-state index is 1.24. The molecule has 0 radical (unpaired) electrons. The van der Waals surface area contributed by atoms with Crippen LogP contribution in [0.4, 0.5) is 0 Å². The first-order valence-corrected chi connectivity index (χ1v) is 8.81. The van der Waals surface area contributed by atoms with Crippen LogP contribution in [-0.2, 0) is 0 Å². The number of hydrogen-bond donors (Lipinski definition) is 0. The van der Waals surface area contributed by atoms with E-state index in [0.717, 1.165) is 0 Å². The zero-order chi connectivity index (χ0) is 11.9. The number of rotatable bonds is 11. The molecule has 0 unspecified atom stereocenters. The van der Waals surface area contributed by atoms with Gasteiger partial charge in [0.1, 0.15) is 0 Å². The molecular formula is C14H26S2. The summed E-state index contributed by atoms with van der Waals surface area (Å²) in [5.41, 5.74) is 0. The average Bonchev–Trinajstić information content (AvgIpc) is 2.31. The van der Waals surface area contributed by atoms with Crippen molar-refractivity contribution in [3.8, 4) is 0 Å². The standard InChI is InChI=1S/C14H26S2/c1-3-5-7-9-11-13-15-16-14-12-10-8-6-4-2/h11-14H,3-10H2,1-2H3/b13-11+,14-12+. The van der Waals surface area contributed by atoms with Crippen molar-refractivity contribution in [1.29, 1.82) is 0 Å². The lowest BCUT2D eigenvalue weighted by atomic mass is 10.2. The van der Waals surface area contributed by atoms with Crippen LogP contribution < -0.4 is 0 Å². The van der Waals surface area contributed by atoms with Gasteiger partial charge in [0.25, 0.3) is 0 Å². The smallest absolute Gasteiger partial charge is 0.0218 e. The van der Waals surface area contributed by atoms with Crippen LogP contribution in [0.3, 0.4) is 0 Å². The highest BCUT2D eigenvalue weighted by molar-refractivity contribution is 8.78. The Hall–Kier alpha value is 0.180. The highest BCUT2D eigenvalue weighted by atomic mass is 33.1. The minimum atomic E-state index is 1.24. The second-order valence-electron chi connectivity index (χ2n) is 3.93. The van der Waals surface area contributed by atoms with Gasteiger partial charge >= 0.3 is 0 Å². The van der Waals surface area contributed by atoms with Crippen molar-refractivity contribution < 1.29 is 0 Å². The lowest BCUT2D eigenvalue weighted by Gasteiger charge is -1.92. The number of unbranched alkanes of at least 4 members (excludes halogenated alkanes) is 6. The first-order chi connectivity index (χ1) is 7.91. The molecule has 0 heterocycles. The molecule has 0 spiro atoms. The Labute approximate surface area is 110 Å². The Morgan fingerprint density at radius 2 is 1.12 bits per heavy atom. The van der Waals surface area contributed by atoms with Crippen LogP contribution in [-0.4, -0.2) is 0 Å². The third-order valence-electron chi connectivity index (χ3n) is 2.31. The van der Waals surface area contributed by atoms with E-state index in [2.05, 4.69) is 36.8 Å². The summed E-state index contributed by atoms with van der Waals surface area (Å²) in [6.45, 7) is 4.50. The van der Waals surface area contributed by atoms with Crippen LogP contribution in [0, 0.1) is 0 Å². The van der Waals surface area contributed by atoms with Crippen LogP contribution in [0.5, 0.6) is 0 Å². The van der Waals surface area contributed by atoms with E-state index in [1.807, 2.05) is 21.6 Å². The molecule has 0 nitrogen and oxygen atoms in total. The zero-order valence-corrected chi connectivity index (χ0v) is 12.4. The lowest BCUT2D eigenvalue weighted by Crippen LogP contribution is -1.69. The summed E-state index contributed by atoms with van der Waals surface area (Å²) in [4.78, 5) is 0. The normalized spacial score (nSPS) is 11.9. The summed E-state index contributed by atoms with van der Waals surface area (Å²) in [7, 11) is 3.65. The molecule has 0 aromatic heterocycles. The topological polar surface area (TPSA) is 0 Å². The van der Waals surface area contributed by atoms with E-state index in [4.69, 9.17) is 0 Å². The van der Waals surface area contributed by atoms with Gasteiger partial charge in [0.05, 0.1) is 0 Å². The lowest BCUT2D eigenvalue weighted by molar-refractivity contribution is 0.729. The largest absolute Gasteiger partial charge is 0.0773 e. The summed E-state index contributed by atoms with van der Waals surface area (Å²) < 4.78 is 0. The van der Waals surface area contributed by atoms with Gasteiger partial charge in [0.15, 0.2) is 0 Å². The second-order valence-corrected chi connectivity index (χ2v) is 6.01. The molecule has 0 atom stereocenters. The van der Waals surface area contributed by atoms with Crippen LogP contribution in [0.2, 0.25) is 0 Å². The van der Waals surface area contributed by atoms with Gasteiger partial charge in [0.2, 0.25) is 0 Å². The van der Waals surface area contributed by atoms with E-state index in [1.54, 1.807) is 0 Å². The Bertz CT molecular complexity index is 154. The SMILES string of the molecule is CCCCC/C=C/SS/C=C/CCCCC. The minimum Gasteiger partial charge on any atom is -0.0773 e. The number of hydrogen-bond acceptors (Lipinski definition) is 2. The Balaban J connectivity index is 3.12. The van der Waals surface area contributed by atoms with E-state index < -0.39 is 0 Å². The predicted octanol–water partition coefficient (Wildman–Crippen LogP) is 6.56. The predicted molar refractivity (Wildman–Crippen MR) is 81.7 cm³/mol. The van der Waals surface area contributed by atoms with Gasteiger partial charge in [-0.2, -0.15) is 0 Å². The molecule has 0 rings (SSSR count). The highest BCUT2D eigenvalue weighted by Crippen LogP contribution is 2.24. The summed E-state index contributed by atoms with van der Waals surface area (Å²) in [5.74, 6) is 0. The fourth-order valence-corrected chi connectivity index (χ4v) is 2.72. The first kappa shape index (κ1) is 16.2. The molecule has 94 valence electrons. The van der Waals surface area contributed by atoms with E-state index in [-0.39, 0.29) is 0 Å². The van der Waals surface area contributed by atoms with Gasteiger partial charge in [-0.15, -0.1) is 0 Å². The summed E-state index contributed by atoms with van der Waals surface area (Å²) in [6, 6.07) is 0. The maximum Gasteiger partial charge on any atom is -0.0218 e. The quantitative estimate of drug-likeness (QED) is 0.304. The molecule has 16 heavy (non-hydrogen) atoms. The molecule has 0 amide bonds. The monoisotopic (exact) mass is 258 g/mol. The third kappa shape index (κ3) is 14.2. The Morgan fingerprint density at radius 3 is 1.50 bits per heavy atom. The van der Waals surface area contributed by atoms with Crippen LogP contribution in [0.1, 0.15) is 65.2 Å². The maximum atomic E-state index is 2.29. The third-order valence-corrected chi connectivity index (χ3v) is 4.03. The Morgan fingerprint density at radius 1 is 0.688 bits per heavy atom. The van der Waals surface area contributed by atoms with Gasteiger partial charge < -0.3 is 0 Å². The maximum absolute atomic E-state index is 2.29.